The average Bonchev–Trinajstić information content (AvgIpc) is 2.59. The molecule has 2 N–H and O–H groups in total. The van der Waals surface area contributed by atoms with Crippen molar-refractivity contribution in [3.05, 3.63) is 69.7 Å². The molecule has 136 valence electrons. The minimum absolute atomic E-state index is 0.158. The molecule has 0 saturated heterocycles. The number of hydrogen-bond donors (Lipinski definition) is 2. The number of amides is 1. The Morgan fingerprint density at radius 2 is 1.77 bits per heavy atom. The molecule has 26 heavy (non-hydrogen) atoms. The first-order valence-corrected chi connectivity index (χ1v) is 9.49. The maximum Gasteiger partial charge on any atom is 0.264 e. The van der Waals surface area contributed by atoms with E-state index in [1.54, 1.807) is 0 Å². The smallest absolute Gasteiger partial charge is 0.264 e. The van der Waals surface area contributed by atoms with Crippen LogP contribution in [0, 0.1) is 0 Å². The highest BCUT2D eigenvalue weighted by Crippen LogP contribution is 2.34. The van der Waals surface area contributed by atoms with Crippen LogP contribution < -0.4 is 10.7 Å². The number of fused-ring (bicyclic) bond motifs is 1. The Morgan fingerprint density at radius 1 is 1.12 bits per heavy atom. The largest absolute Gasteiger partial charge is 0.294 e. The first-order chi connectivity index (χ1) is 12.2. The lowest BCUT2D eigenvalue weighted by atomic mass is 9.76. The molecular formula is C21H24BrN3O. The molecule has 0 bridgehead atoms. The normalized spacial score (nSPS) is 21.8. The monoisotopic (exact) mass is 413 g/mol. The van der Waals surface area contributed by atoms with Gasteiger partial charge in [0.2, 0.25) is 0 Å². The summed E-state index contributed by atoms with van der Waals surface area (Å²) in [4.78, 5) is 13.1. The van der Waals surface area contributed by atoms with Crippen molar-refractivity contribution in [2.45, 2.75) is 45.2 Å². The first kappa shape index (κ1) is 18.8. The Kier molecular flexibility index (Phi) is 5.04. The summed E-state index contributed by atoms with van der Waals surface area (Å²) in [5, 5.41) is 7.84. The molecule has 4 nitrogen and oxygen atoms in total. The molecule has 0 fully saturated rings. The fourth-order valence-electron chi connectivity index (χ4n) is 3.61. The van der Waals surface area contributed by atoms with Crippen LogP contribution in [0.1, 0.15) is 44.4 Å². The van der Waals surface area contributed by atoms with Crippen LogP contribution in [-0.4, -0.2) is 17.2 Å². The zero-order valence-electron chi connectivity index (χ0n) is 15.6. The van der Waals surface area contributed by atoms with E-state index < -0.39 is 5.54 Å². The molecule has 1 heterocycles. The van der Waals surface area contributed by atoms with Gasteiger partial charge in [-0.15, -0.1) is 0 Å². The highest BCUT2D eigenvalue weighted by atomic mass is 79.9. The standard InChI is InChI=1S/C21H24BrN3O/c1-14(15-9-11-17(22)12-10-15)23-24-19(26)21(4)18-8-6-5-7-16(18)13-20(2,3)25-21/h5-12,25H,13H2,1-4H3,(H,24,26)/t21-/m1/s1. The van der Waals surface area contributed by atoms with Gasteiger partial charge in [0.1, 0.15) is 5.54 Å². The molecule has 2 aromatic rings. The van der Waals surface area contributed by atoms with Crippen molar-refractivity contribution >= 4 is 27.5 Å². The summed E-state index contributed by atoms with van der Waals surface area (Å²) in [5.74, 6) is -0.158. The molecule has 0 aliphatic carbocycles. The highest BCUT2D eigenvalue weighted by Gasteiger charge is 2.44. The molecule has 0 aromatic heterocycles. The Labute approximate surface area is 163 Å². The van der Waals surface area contributed by atoms with Gasteiger partial charge in [-0.05, 0) is 62.9 Å². The van der Waals surface area contributed by atoms with Gasteiger partial charge in [-0.2, -0.15) is 5.10 Å². The summed E-state index contributed by atoms with van der Waals surface area (Å²) in [6.07, 6.45) is 0.882. The van der Waals surface area contributed by atoms with Crippen LogP contribution in [0.25, 0.3) is 0 Å². The first-order valence-electron chi connectivity index (χ1n) is 8.70. The molecule has 1 aliphatic rings. The Hall–Kier alpha value is -1.98. The van der Waals surface area contributed by atoms with E-state index in [0.29, 0.717) is 0 Å². The van der Waals surface area contributed by atoms with Gasteiger partial charge in [0.15, 0.2) is 0 Å². The zero-order valence-corrected chi connectivity index (χ0v) is 17.1. The maximum atomic E-state index is 13.1. The summed E-state index contributed by atoms with van der Waals surface area (Å²) in [6.45, 7) is 8.04. The van der Waals surface area contributed by atoms with Crippen molar-refractivity contribution in [3.8, 4) is 0 Å². The Morgan fingerprint density at radius 3 is 2.46 bits per heavy atom. The molecule has 3 rings (SSSR count). The second-order valence-electron chi connectivity index (χ2n) is 7.61. The second kappa shape index (κ2) is 6.97. The van der Waals surface area contributed by atoms with E-state index in [9.17, 15) is 4.79 Å². The van der Waals surface area contributed by atoms with Gasteiger partial charge in [0, 0.05) is 10.0 Å². The minimum atomic E-state index is -0.832. The highest BCUT2D eigenvalue weighted by molar-refractivity contribution is 9.10. The molecule has 0 saturated carbocycles. The lowest BCUT2D eigenvalue weighted by Crippen LogP contribution is -2.62. The van der Waals surface area contributed by atoms with Crippen LogP contribution >= 0.6 is 15.9 Å². The van der Waals surface area contributed by atoms with Gasteiger partial charge >= 0.3 is 0 Å². The van der Waals surface area contributed by atoms with Gasteiger partial charge in [-0.1, -0.05) is 52.3 Å². The Balaban J connectivity index is 1.87. The molecule has 1 amide bonds. The summed E-state index contributed by atoms with van der Waals surface area (Å²) in [5.41, 5.74) is 5.69. The predicted molar refractivity (Wildman–Crippen MR) is 109 cm³/mol. The third-order valence-corrected chi connectivity index (χ3v) is 5.35. The van der Waals surface area contributed by atoms with Crippen LogP contribution in [0.4, 0.5) is 0 Å². The molecule has 1 atom stereocenters. The summed E-state index contributed by atoms with van der Waals surface area (Å²) >= 11 is 3.42. The van der Waals surface area contributed by atoms with Crippen molar-refractivity contribution in [1.29, 1.82) is 0 Å². The van der Waals surface area contributed by atoms with Crippen molar-refractivity contribution in [2.24, 2.45) is 5.10 Å². The molecule has 0 spiro atoms. The SMILES string of the molecule is CC(=NNC(=O)[C@]1(C)NC(C)(C)Cc2ccccc21)c1ccc(Br)cc1. The third-order valence-electron chi connectivity index (χ3n) is 4.82. The number of halogens is 1. The van der Waals surface area contributed by atoms with Crippen molar-refractivity contribution in [3.63, 3.8) is 0 Å². The fourth-order valence-corrected chi connectivity index (χ4v) is 3.87. The van der Waals surface area contributed by atoms with Crippen molar-refractivity contribution in [1.82, 2.24) is 10.7 Å². The zero-order chi connectivity index (χ0) is 18.9. The number of hydrazone groups is 1. The summed E-state index contributed by atoms with van der Waals surface area (Å²) in [7, 11) is 0. The van der Waals surface area contributed by atoms with E-state index in [4.69, 9.17) is 0 Å². The van der Waals surface area contributed by atoms with E-state index in [2.05, 4.69) is 51.7 Å². The van der Waals surface area contributed by atoms with Crippen molar-refractivity contribution in [2.75, 3.05) is 0 Å². The molecule has 2 aromatic carbocycles. The quantitative estimate of drug-likeness (QED) is 0.586. The number of hydrogen-bond acceptors (Lipinski definition) is 3. The number of carbonyl (C=O) groups excluding carboxylic acids is 1. The minimum Gasteiger partial charge on any atom is -0.294 e. The average molecular weight is 414 g/mol. The van der Waals surface area contributed by atoms with E-state index >= 15 is 0 Å². The molecule has 5 heteroatoms. The molecule has 0 radical (unpaired) electrons. The van der Waals surface area contributed by atoms with E-state index in [0.717, 1.165) is 27.7 Å². The molecule has 1 aliphatic heterocycles. The molecule has 0 unspecified atom stereocenters. The third kappa shape index (κ3) is 3.74. The second-order valence-corrected chi connectivity index (χ2v) is 8.53. The number of carbonyl (C=O) groups is 1. The lowest BCUT2D eigenvalue weighted by molar-refractivity contribution is -0.128. The van der Waals surface area contributed by atoms with Gasteiger partial charge in [0.25, 0.3) is 5.91 Å². The van der Waals surface area contributed by atoms with Crippen LogP contribution in [0.3, 0.4) is 0 Å². The summed E-state index contributed by atoms with van der Waals surface area (Å²) < 4.78 is 1.01. The summed E-state index contributed by atoms with van der Waals surface area (Å²) in [6, 6.07) is 16.0. The van der Waals surface area contributed by atoms with Crippen LogP contribution in [0.5, 0.6) is 0 Å². The number of rotatable bonds is 3. The number of nitrogens with one attached hydrogen (secondary N) is 2. The van der Waals surface area contributed by atoms with Gasteiger partial charge in [-0.25, -0.2) is 5.43 Å². The maximum absolute atomic E-state index is 13.1. The lowest BCUT2D eigenvalue weighted by Gasteiger charge is -2.44. The van der Waals surface area contributed by atoms with Crippen LogP contribution in [0.15, 0.2) is 58.1 Å². The Bertz CT molecular complexity index is 858. The van der Waals surface area contributed by atoms with E-state index in [-0.39, 0.29) is 11.4 Å². The molecular weight excluding hydrogens is 390 g/mol. The number of nitrogens with zero attached hydrogens (tertiary/aromatic N) is 1. The van der Waals surface area contributed by atoms with Crippen LogP contribution in [-0.2, 0) is 16.8 Å². The number of benzene rings is 2. The van der Waals surface area contributed by atoms with E-state index in [1.165, 1.54) is 5.56 Å². The van der Waals surface area contributed by atoms with Gasteiger partial charge < -0.3 is 0 Å². The topological polar surface area (TPSA) is 53.5 Å². The van der Waals surface area contributed by atoms with Gasteiger partial charge in [0.05, 0.1) is 5.71 Å². The predicted octanol–water partition coefficient (Wildman–Crippen LogP) is 4.13. The van der Waals surface area contributed by atoms with E-state index in [1.807, 2.05) is 56.3 Å². The van der Waals surface area contributed by atoms with Crippen molar-refractivity contribution < 1.29 is 4.79 Å². The van der Waals surface area contributed by atoms with Gasteiger partial charge in [-0.3, -0.25) is 10.1 Å². The fraction of sp³-hybridized carbons (Fsp3) is 0.333. The van der Waals surface area contributed by atoms with Crippen LogP contribution in [0.2, 0.25) is 0 Å².